The SMILES string of the molecule is Fc1ccc(CN2CC=C(c3nc4cc(-c5ccccc5)ccc4o3)CC2)c(Cl)c1. The lowest BCUT2D eigenvalue weighted by atomic mass is 10.1. The van der Waals surface area contributed by atoms with Gasteiger partial charge >= 0.3 is 0 Å². The van der Waals surface area contributed by atoms with Gasteiger partial charge in [0, 0.05) is 30.2 Å². The fourth-order valence-corrected chi connectivity index (χ4v) is 4.04. The van der Waals surface area contributed by atoms with E-state index in [0.29, 0.717) is 17.5 Å². The van der Waals surface area contributed by atoms with E-state index >= 15 is 0 Å². The van der Waals surface area contributed by atoms with Gasteiger partial charge in [0.2, 0.25) is 5.89 Å². The van der Waals surface area contributed by atoms with Crippen LogP contribution in [0.5, 0.6) is 0 Å². The molecular weight excluding hydrogens is 399 g/mol. The van der Waals surface area contributed by atoms with Crippen LogP contribution in [0.15, 0.2) is 77.2 Å². The Bertz CT molecular complexity index is 1230. The summed E-state index contributed by atoms with van der Waals surface area (Å²) in [4.78, 5) is 7.02. The predicted molar refractivity (Wildman–Crippen MR) is 119 cm³/mol. The quantitative estimate of drug-likeness (QED) is 0.375. The zero-order valence-corrected chi connectivity index (χ0v) is 17.1. The molecule has 150 valence electrons. The standard InChI is InChI=1S/C25H20ClFN2O/c26-22-15-21(27)8-6-20(22)16-29-12-10-18(11-13-29)25-28-23-14-19(7-9-24(23)30-25)17-4-2-1-3-5-17/h1-10,14-15H,11-13,16H2. The molecule has 0 aliphatic carbocycles. The molecule has 3 aromatic carbocycles. The number of rotatable bonds is 4. The third-order valence-corrected chi connectivity index (χ3v) is 5.82. The molecule has 1 aliphatic heterocycles. The third kappa shape index (κ3) is 3.89. The van der Waals surface area contributed by atoms with E-state index in [1.165, 1.54) is 12.1 Å². The van der Waals surface area contributed by atoms with Crippen molar-refractivity contribution in [3.63, 3.8) is 0 Å². The van der Waals surface area contributed by atoms with Crippen LogP contribution in [0.4, 0.5) is 4.39 Å². The van der Waals surface area contributed by atoms with Crippen molar-refractivity contribution in [3.8, 4) is 11.1 Å². The molecule has 1 aromatic heterocycles. The molecule has 0 atom stereocenters. The normalized spacial score (nSPS) is 14.8. The van der Waals surface area contributed by atoms with Gasteiger partial charge in [-0.1, -0.05) is 60.1 Å². The summed E-state index contributed by atoms with van der Waals surface area (Å²) in [6.45, 7) is 2.33. The molecule has 1 aliphatic rings. The van der Waals surface area contributed by atoms with Gasteiger partial charge in [-0.15, -0.1) is 0 Å². The van der Waals surface area contributed by atoms with Gasteiger partial charge in [-0.3, -0.25) is 4.90 Å². The van der Waals surface area contributed by atoms with Gasteiger partial charge in [-0.25, -0.2) is 9.37 Å². The number of fused-ring (bicyclic) bond motifs is 1. The summed E-state index contributed by atoms with van der Waals surface area (Å²) < 4.78 is 19.3. The molecule has 0 amide bonds. The molecular formula is C25H20ClFN2O. The molecule has 0 spiro atoms. The lowest BCUT2D eigenvalue weighted by Gasteiger charge is -2.25. The van der Waals surface area contributed by atoms with E-state index in [9.17, 15) is 4.39 Å². The highest BCUT2D eigenvalue weighted by Gasteiger charge is 2.18. The summed E-state index contributed by atoms with van der Waals surface area (Å²) >= 11 is 6.17. The van der Waals surface area contributed by atoms with Crippen molar-refractivity contribution in [2.75, 3.05) is 13.1 Å². The monoisotopic (exact) mass is 418 g/mol. The van der Waals surface area contributed by atoms with Crippen LogP contribution in [-0.4, -0.2) is 23.0 Å². The number of halogens is 2. The lowest BCUT2D eigenvalue weighted by Crippen LogP contribution is -2.28. The smallest absolute Gasteiger partial charge is 0.222 e. The molecule has 30 heavy (non-hydrogen) atoms. The number of oxazole rings is 1. The first-order valence-corrected chi connectivity index (χ1v) is 10.4. The molecule has 4 aromatic rings. The highest BCUT2D eigenvalue weighted by molar-refractivity contribution is 6.31. The summed E-state index contributed by atoms with van der Waals surface area (Å²) in [7, 11) is 0. The van der Waals surface area contributed by atoms with E-state index in [1.54, 1.807) is 6.07 Å². The fourth-order valence-electron chi connectivity index (χ4n) is 3.81. The van der Waals surface area contributed by atoms with E-state index in [0.717, 1.165) is 52.9 Å². The van der Waals surface area contributed by atoms with Crippen molar-refractivity contribution < 1.29 is 8.81 Å². The minimum Gasteiger partial charge on any atom is -0.436 e. The van der Waals surface area contributed by atoms with Gasteiger partial charge < -0.3 is 4.42 Å². The summed E-state index contributed by atoms with van der Waals surface area (Å²) in [6, 6.07) is 21.0. The van der Waals surface area contributed by atoms with Crippen LogP contribution in [0.1, 0.15) is 17.9 Å². The average Bonchev–Trinajstić information content (AvgIpc) is 3.20. The maximum absolute atomic E-state index is 13.2. The Morgan fingerprint density at radius 1 is 1.00 bits per heavy atom. The highest BCUT2D eigenvalue weighted by atomic mass is 35.5. The Balaban J connectivity index is 1.33. The van der Waals surface area contributed by atoms with E-state index in [-0.39, 0.29) is 5.82 Å². The van der Waals surface area contributed by atoms with Crippen molar-refractivity contribution in [2.45, 2.75) is 13.0 Å². The zero-order valence-electron chi connectivity index (χ0n) is 16.3. The topological polar surface area (TPSA) is 29.3 Å². The van der Waals surface area contributed by atoms with Crippen molar-refractivity contribution in [3.05, 3.63) is 95.1 Å². The molecule has 0 fully saturated rings. The van der Waals surface area contributed by atoms with Crippen LogP contribution >= 0.6 is 11.6 Å². The maximum atomic E-state index is 13.2. The van der Waals surface area contributed by atoms with Crippen molar-refractivity contribution in [1.29, 1.82) is 0 Å². The molecule has 2 heterocycles. The van der Waals surface area contributed by atoms with E-state index in [4.69, 9.17) is 21.0 Å². The molecule has 0 unspecified atom stereocenters. The molecule has 0 saturated heterocycles. The molecule has 5 heteroatoms. The fraction of sp³-hybridized carbons (Fsp3) is 0.160. The molecule has 0 saturated carbocycles. The van der Waals surface area contributed by atoms with Gasteiger partial charge in [-0.2, -0.15) is 0 Å². The van der Waals surface area contributed by atoms with Gasteiger partial charge in [-0.05, 0) is 47.4 Å². The Labute approximate surface area is 179 Å². The number of nitrogens with zero attached hydrogens (tertiary/aromatic N) is 2. The molecule has 0 N–H and O–H groups in total. The summed E-state index contributed by atoms with van der Waals surface area (Å²) in [5.74, 6) is 0.380. The van der Waals surface area contributed by atoms with Crippen LogP contribution in [0.2, 0.25) is 5.02 Å². The van der Waals surface area contributed by atoms with Gasteiger partial charge in [0.05, 0.1) is 0 Å². The number of hydrogen-bond donors (Lipinski definition) is 0. The maximum Gasteiger partial charge on any atom is 0.222 e. The van der Waals surface area contributed by atoms with Crippen LogP contribution in [0.3, 0.4) is 0 Å². The number of hydrogen-bond acceptors (Lipinski definition) is 3. The first kappa shape index (κ1) is 19.0. The summed E-state index contributed by atoms with van der Waals surface area (Å²) in [5, 5.41) is 0.470. The minimum absolute atomic E-state index is 0.309. The average molecular weight is 419 g/mol. The largest absolute Gasteiger partial charge is 0.436 e. The number of aromatic nitrogens is 1. The first-order chi connectivity index (χ1) is 14.7. The Hall–Kier alpha value is -2.95. The molecule has 5 rings (SSSR count). The van der Waals surface area contributed by atoms with Gasteiger partial charge in [0.25, 0.3) is 0 Å². The van der Waals surface area contributed by atoms with Crippen LogP contribution in [0, 0.1) is 5.82 Å². The highest BCUT2D eigenvalue weighted by Crippen LogP contribution is 2.29. The molecule has 0 bridgehead atoms. The van der Waals surface area contributed by atoms with Gasteiger partial charge in [0.15, 0.2) is 5.58 Å². The Morgan fingerprint density at radius 3 is 2.63 bits per heavy atom. The number of benzene rings is 3. The molecule has 0 radical (unpaired) electrons. The predicted octanol–water partition coefficient (Wildman–Crippen LogP) is 6.58. The van der Waals surface area contributed by atoms with Crippen molar-refractivity contribution >= 4 is 28.3 Å². The van der Waals surface area contributed by atoms with E-state index in [2.05, 4.69) is 35.2 Å². The zero-order chi connectivity index (χ0) is 20.5. The van der Waals surface area contributed by atoms with E-state index < -0.39 is 0 Å². The minimum atomic E-state index is -0.309. The molecule has 3 nitrogen and oxygen atoms in total. The van der Waals surface area contributed by atoms with Crippen molar-refractivity contribution in [1.82, 2.24) is 9.88 Å². The summed E-state index contributed by atoms with van der Waals surface area (Å²) in [5.41, 5.74) is 6.01. The van der Waals surface area contributed by atoms with Crippen LogP contribution in [0.25, 0.3) is 27.8 Å². The summed E-state index contributed by atoms with van der Waals surface area (Å²) in [6.07, 6.45) is 3.00. The second-order valence-corrected chi connectivity index (χ2v) is 7.92. The third-order valence-electron chi connectivity index (χ3n) is 5.47. The second kappa shape index (κ2) is 8.05. The first-order valence-electron chi connectivity index (χ1n) is 9.97. The Morgan fingerprint density at radius 2 is 1.87 bits per heavy atom. The van der Waals surface area contributed by atoms with Crippen LogP contribution in [-0.2, 0) is 6.54 Å². The Kier molecular flexibility index (Phi) is 5.11. The van der Waals surface area contributed by atoms with Crippen LogP contribution < -0.4 is 0 Å². The lowest BCUT2D eigenvalue weighted by molar-refractivity contribution is 0.292. The second-order valence-electron chi connectivity index (χ2n) is 7.52. The van der Waals surface area contributed by atoms with Crippen molar-refractivity contribution in [2.24, 2.45) is 0 Å². The van der Waals surface area contributed by atoms with Gasteiger partial charge in [0.1, 0.15) is 11.3 Å². The van der Waals surface area contributed by atoms with E-state index in [1.807, 2.05) is 24.3 Å².